The maximum absolute atomic E-state index is 13.8. The molecular formula is C27H33N3O2S. The zero-order chi connectivity index (χ0) is 22.6. The van der Waals surface area contributed by atoms with Gasteiger partial charge in [-0.05, 0) is 79.5 Å². The Bertz CT molecular complexity index is 1120. The third-order valence-corrected chi connectivity index (χ3v) is 7.92. The summed E-state index contributed by atoms with van der Waals surface area (Å²) in [5.41, 5.74) is 5.82. The minimum absolute atomic E-state index is 0.0696. The molecule has 5 nitrogen and oxygen atoms in total. The third kappa shape index (κ3) is 5.13. The van der Waals surface area contributed by atoms with Crippen molar-refractivity contribution in [3.05, 3.63) is 58.7 Å². The Hall–Kier alpha value is -2.28. The van der Waals surface area contributed by atoms with Gasteiger partial charge in [0.15, 0.2) is 5.13 Å². The predicted octanol–water partition coefficient (Wildman–Crippen LogP) is 5.11. The quantitative estimate of drug-likeness (QED) is 0.489. The Kier molecular flexibility index (Phi) is 7.04. The molecule has 5 rings (SSSR count). The maximum Gasteiger partial charge on any atom is 0.260 e. The number of nitrogens with zero attached hydrogens (tertiary/aromatic N) is 3. The highest BCUT2D eigenvalue weighted by atomic mass is 32.1. The number of aryl methyl sites for hydroxylation is 3. The Balaban J connectivity index is 1.40. The van der Waals surface area contributed by atoms with Crippen LogP contribution in [-0.4, -0.2) is 55.2 Å². The van der Waals surface area contributed by atoms with Crippen molar-refractivity contribution >= 4 is 32.6 Å². The number of hydrogen-bond acceptors (Lipinski definition) is 5. The molecule has 0 spiro atoms. The van der Waals surface area contributed by atoms with Crippen LogP contribution in [0.1, 0.15) is 53.2 Å². The Labute approximate surface area is 200 Å². The van der Waals surface area contributed by atoms with E-state index in [4.69, 9.17) is 9.72 Å². The fourth-order valence-electron chi connectivity index (χ4n) is 4.88. The van der Waals surface area contributed by atoms with Gasteiger partial charge in [-0.15, -0.1) is 0 Å². The second-order valence-corrected chi connectivity index (χ2v) is 10.1. The largest absolute Gasteiger partial charge is 0.379 e. The van der Waals surface area contributed by atoms with E-state index in [-0.39, 0.29) is 5.91 Å². The van der Waals surface area contributed by atoms with Gasteiger partial charge in [-0.3, -0.25) is 14.6 Å². The monoisotopic (exact) mass is 463 g/mol. The van der Waals surface area contributed by atoms with Gasteiger partial charge in [0.25, 0.3) is 5.91 Å². The van der Waals surface area contributed by atoms with E-state index in [9.17, 15) is 4.79 Å². The molecule has 1 aliphatic carbocycles. The third-order valence-electron chi connectivity index (χ3n) is 6.88. The molecule has 1 amide bonds. The minimum Gasteiger partial charge on any atom is -0.379 e. The van der Waals surface area contributed by atoms with E-state index >= 15 is 0 Å². The van der Waals surface area contributed by atoms with Crippen LogP contribution in [0.2, 0.25) is 0 Å². The summed E-state index contributed by atoms with van der Waals surface area (Å²) in [6, 6.07) is 12.8. The molecular weight excluding hydrogens is 430 g/mol. The summed E-state index contributed by atoms with van der Waals surface area (Å²) in [6.07, 6.45) is 6.59. The highest BCUT2D eigenvalue weighted by Crippen LogP contribution is 2.31. The molecule has 0 unspecified atom stereocenters. The van der Waals surface area contributed by atoms with Crippen molar-refractivity contribution in [2.75, 3.05) is 44.3 Å². The van der Waals surface area contributed by atoms with Crippen LogP contribution >= 0.6 is 11.3 Å². The molecule has 1 saturated heterocycles. The lowest BCUT2D eigenvalue weighted by atomic mass is 9.90. The second kappa shape index (κ2) is 10.3. The molecule has 2 aliphatic rings. The second-order valence-electron chi connectivity index (χ2n) is 9.11. The highest BCUT2D eigenvalue weighted by Gasteiger charge is 2.23. The van der Waals surface area contributed by atoms with Crippen LogP contribution in [0.5, 0.6) is 0 Å². The van der Waals surface area contributed by atoms with Crippen molar-refractivity contribution in [2.45, 2.75) is 45.4 Å². The topological polar surface area (TPSA) is 45.7 Å². The SMILES string of the molecule is CCc1ccc2nc(N(CCCN3CCOCC3)C(=O)c3ccc4c(c3)CCCC4)sc2c1. The van der Waals surface area contributed by atoms with Gasteiger partial charge in [0, 0.05) is 31.7 Å². The molecule has 3 aromatic rings. The number of carbonyl (C=O) groups is 1. The lowest BCUT2D eigenvalue weighted by molar-refractivity contribution is 0.0376. The summed E-state index contributed by atoms with van der Waals surface area (Å²) in [5, 5.41) is 0.808. The van der Waals surface area contributed by atoms with Crippen molar-refractivity contribution in [3.8, 4) is 0 Å². The smallest absolute Gasteiger partial charge is 0.260 e. The van der Waals surface area contributed by atoms with Gasteiger partial charge in [-0.2, -0.15) is 0 Å². The van der Waals surface area contributed by atoms with Gasteiger partial charge < -0.3 is 4.74 Å². The van der Waals surface area contributed by atoms with E-state index in [0.29, 0.717) is 6.54 Å². The van der Waals surface area contributed by atoms with Crippen LogP contribution in [0.4, 0.5) is 5.13 Å². The van der Waals surface area contributed by atoms with Crippen molar-refractivity contribution in [2.24, 2.45) is 0 Å². The van der Waals surface area contributed by atoms with Gasteiger partial charge in [0.2, 0.25) is 0 Å². The standard InChI is InChI=1S/C27H33N3O2S/c1-2-20-8-11-24-25(18-20)33-27(28-24)30(13-5-12-29-14-16-32-17-15-29)26(31)23-10-9-21-6-3-4-7-22(21)19-23/h8-11,18-19H,2-7,12-17H2,1H3. The number of carbonyl (C=O) groups excluding carboxylic acids is 1. The Morgan fingerprint density at radius 3 is 2.73 bits per heavy atom. The molecule has 174 valence electrons. The van der Waals surface area contributed by atoms with E-state index in [1.54, 1.807) is 11.3 Å². The number of benzene rings is 2. The number of aromatic nitrogens is 1. The number of ether oxygens (including phenoxy) is 1. The van der Waals surface area contributed by atoms with Gasteiger partial charge in [0.05, 0.1) is 23.4 Å². The number of hydrogen-bond donors (Lipinski definition) is 0. The van der Waals surface area contributed by atoms with Gasteiger partial charge in [0.1, 0.15) is 0 Å². The van der Waals surface area contributed by atoms with E-state index in [1.807, 2.05) is 11.0 Å². The summed E-state index contributed by atoms with van der Waals surface area (Å²) in [7, 11) is 0. The fourth-order valence-corrected chi connectivity index (χ4v) is 5.93. The van der Waals surface area contributed by atoms with E-state index < -0.39 is 0 Å². The number of fused-ring (bicyclic) bond motifs is 2. The summed E-state index contributed by atoms with van der Waals surface area (Å²) in [6.45, 7) is 7.36. The van der Waals surface area contributed by atoms with Crippen LogP contribution in [0.25, 0.3) is 10.2 Å². The zero-order valence-corrected chi connectivity index (χ0v) is 20.3. The van der Waals surface area contributed by atoms with Crippen LogP contribution in [0.3, 0.4) is 0 Å². The summed E-state index contributed by atoms with van der Waals surface area (Å²) in [4.78, 5) is 23.0. The fraction of sp³-hybridized carbons (Fsp3) is 0.481. The molecule has 2 aromatic carbocycles. The normalized spacial score (nSPS) is 16.6. The molecule has 1 aliphatic heterocycles. The number of anilines is 1. The first-order chi connectivity index (χ1) is 16.2. The van der Waals surface area contributed by atoms with Crippen molar-refractivity contribution in [1.29, 1.82) is 0 Å². The minimum atomic E-state index is 0.0696. The van der Waals surface area contributed by atoms with Crippen LogP contribution < -0.4 is 4.90 Å². The lowest BCUT2D eigenvalue weighted by Gasteiger charge is -2.28. The van der Waals surface area contributed by atoms with Crippen molar-refractivity contribution in [3.63, 3.8) is 0 Å². The number of amides is 1. The molecule has 1 aromatic heterocycles. The molecule has 33 heavy (non-hydrogen) atoms. The number of rotatable bonds is 7. The van der Waals surface area contributed by atoms with Crippen LogP contribution in [0.15, 0.2) is 36.4 Å². The molecule has 2 heterocycles. The first-order valence-corrected chi connectivity index (χ1v) is 13.2. The maximum atomic E-state index is 13.8. The Morgan fingerprint density at radius 1 is 1.09 bits per heavy atom. The Morgan fingerprint density at radius 2 is 1.91 bits per heavy atom. The number of thiazole rings is 1. The van der Waals surface area contributed by atoms with E-state index in [1.165, 1.54) is 29.5 Å². The predicted molar refractivity (Wildman–Crippen MR) is 136 cm³/mol. The molecule has 0 N–H and O–H groups in total. The van der Waals surface area contributed by atoms with Crippen molar-refractivity contribution < 1.29 is 9.53 Å². The molecule has 6 heteroatoms. The van der Waals surface area contributed by atoms with Gasteiger partial charge in [-0.1, -0.05) is 30.4 Å². The number of morpholine rings is 1. The molecule has 0 radical (unpaired) electrons. The molecule has 0 saturated carbocycles. The average molecular weight is 464 g/mol. The van der Waals surface area contributed by atoms with E-state index in [2.05, 4.69) is 42.2 Å². The first kappa shape index (κ1) is 22.5. The summed E-state index contributed by atoms with van der Waals surface area (Å²) >= 11 is 1.63. The summed E-state index contributed by atoms with van der Waals surface area (Å²) in [5.74, 6) is 0.0696. The first-order valence-electron chi connectivity index (χ1n) is 12.3. The van der Waals surface area contributed by atoms with Crippen LogP contribution in [0, 0.1) is 0 Å². The van der Waals surface area contributed by atoms with Gasteiger partial charge >= 0.3 is 0 Å². The molecule has 0 atom stereocenters. The van der Waals surface area contributed by atoms with E-state index in [0.717, 1.165) is 79.4 Å². The highest BCUT2D eigenvalue weighted by molar-refractivity contribution is 7.22. The van der Waals surface area contributed by atoms with Crippen molar-refractivity contribution in [1.82, 2.24) is 9.88 Å². The zero-order valence-electron chi connectivity index (χ0n) is 19.5. The van der Waals surface area contributed by atoms with Gasteiger partial charge in [-0.25, -0.2) is 4.98 Å². The molecule has 1 fully saturated rings. The molecule has 0 bridgehead atoms. The average Bonchev–Trinajstić information content (AvgIpc) is 3.29. The van der Waals surface area contributed by atoms with Crippen LogP contribution in [-0.2, 0) is 24.0 Å². The summed E-state index contributed by atoms with van der Waals surface area (Å²) < 4.78 is 6.63. The lowest BCUT2D eigenvalue weighted by Crippen LogP contribution is -2.39.